The summed E-state index contributed by atoms with van der Waals surface area (Å²) in [4.78, 5) is 11.0. The maximum Gasteiger partial charge on any atom is 0.335 e. The van der Waals surface area contributed by atoms with Crippen LogP contribution in [0, 0.1) is 0 Å². The van der Waals surface area contributed by atoms with Gasteiger partial charge in [-0.25, -0.2) is 4.79 Å². The second-order valence-electron chi connectivity index (χ2n) is 3.86. The minimum absolute atomic E-state index is 0.247. The lowest BCUT2D eigenvalue weighted by atomic mass is 10.1. The Morgan fingerprint density at radius 1 is 1.53 bits per heavy atom. The van der Waals surface area contributed by atoms with Crippen molar-refractivity contribution in [1.29, 1.82) is 0 Å². The van der Waals surface area contributed by atoms with Gasteiger partial charge in [0, 0.05) is 10.1 Å². The zero-order valence-electron chi connectivity index (χ0n) is 9.40. The van der Waals surface area contributed by atoms with Crippen LogP contribution >= 0.6 is 11.3 Å². The molecule has 0 aliphatic rings. The minimum Gasteiger partial charge on any atom is -0.489 e. The van der Waals surface area contributed by atoms with Crippen LogP contribution in [0.1, 0.15) is 17.3 Å². The fourth-order valence-electron chi connectivity index (χ4n) is 1.48. The molecule has 1 heterocycles. The molecule has 0 saturated carbocycles. The van der Waals surface area contributed by atoms with E-state index in [1.165, 1.54) is 11.3 Å². The molecule has 0 amide bonds. The molecule has 1 aromatic heterocycles. The lowest BCUT2D eigenvalue weighted by Crippen LogP contribution is -2.01. The van der Waals surface area contributed by atoms with Crippen molar-refractivity contribution in [2.75, 3.05) is 6.61 Å². The minimum atomic E-state index is -0.944. The van der Waals surface area contributed by atoms with Gasteiger partial charge in [0.15, 0.2) is 0 Å². The number of hydrogen-bond donors (Lipinski definition) is 1. The van der Waals surface area contributed by atoms with Gasteiger partial charge in [0.25, 0.3) is 0 Å². The molecule has 0 unspecified atom stereocenters. The van der Waals surface area contributed by atoms with Crippen LogP contribution in [0.15, 0.2) is 35.7 Å². The third-order valence-corrected chi connectivity index (χ3v) is 3.12. The van der Waals surface area contributed by atoms with E-state index in [2.05, 4.69) is 6.58 Å². The fourth-order valence-corrected chi connectivity index (χ4v) is 2.32. The van der Waals surface area contributed by atoms with Crippen molar-refractivity contribution >= 4 is 27.4 Å². The van der Waals surface area contributed by atoms with Gasteiger partial charge in [-0.1, -0.05) is 6.58 Å². The maximum absolute atomic E-state index is 11.0. The highest BCUT2D eigenvalue weighted by atomic mass is 32.1. The number of fused-ring (bicyclic) bond motifs is 1. The van der Waals surface area contributed by atoms with Crippen LogP contribution in [-0.2, 0) is 0 Å². The van der Waals surface area contributed by atoms with Crippen molar-refractivity contribution in [3.8, 4) is 5.75 Å². The summed E-state index contributed by atoms with van der Waals surface area (Å²) in [7, 11) is 0. The average molecular weight is 248 g/mol. The summed E-state index contributed by atoms with van der Waals surface area (Å²) < 4.78 is 6.49. The summed E-state index contributed by atoms with van der Waals surface area (Å²) in [6.45, 7) is 6.02. The molecule has 0 spiro atoms. The summed E-state index contributed by atoms with van der Waals surface area (Å²) in [5.41, 5.74) is 1.14. The molecule has 1 N–H and O–H groups in total. The Hall–Kier alpha value is -1.81. The number of benzene rings is 1. The molecule has 0 fully saturated rings. The molecule has 17 heavy (non-hydrogen) atoms. The molecule has 88 valence electrons. The van der Waals surface area contributed by atoms with Crippen LogP contribution in [0.5, 0.6) is 5.75 Å². The number of carbonyl (C=O) groups is 1. The molecule has 4 heteroatoms. The van der Waals surface area contributed by atoms with E-state index in [1.807, 2.05) is 18.4 Å². The van der Waals surface area contributed by atoms with Gasteiger partial charge in [-0.05, 0) is 36.1 Å². The standard InChI is InChI=1S/C13H12O3S/c1-8(2)7-16-11-5-9(13(14)15)6-12-10(11)3-4-17-12/h3-6H,1,7H2,2H3,(H,14,15). The Morgan fingerprint density at radius 2 is 2.29 bits per heavy atom. The summed E-state index contributed by atoms with van der Waals surface area (Å²) in [5, 5.41) is 11.9. The summed E-state index contributed by atoms with van der Waals surface area (Å²) in [6, 6.07) is 5.15. The van der Waals surface area contributed by atoms with Crippen LogP contribution in [0.25, 0.3) is 10.1 Å². The van der Waals surface area contributed by atoms with Crippen molar-refractivity contribution in [2.24, 2.45) is 0 Å². The first-order chi connectivity index (χ1) is 8.08. The predicted octanol–water partition coefficient (Wildman–Crippen LogP) is 3.55. The number of carboxylic acids is 1. The number of rotatable bonds is 4. The van der Waals surface area contributed by atoms with Crippen molar-refractivity contribution in [3.05, 3.63) is 41.3 Å². The van der Waals surface area contributed by atoms with Gasteiger partial charge < -0.3 is 9.84 Å². The number of aromatic carboxylic acids is 1. The van der Waals surface area contributed by atoms with E-state index < -0.39 is 5.97 Å². The highest BCUT2D eigenvalue weighted by Crippen LogP contribution is 2.31. The van der Waals surface area contributed by atoms with E-state index in [4.69, 9.17) is 9.84 Å². The van der Waals surface area contributed by atoms with Crippen LogP contribution in [0.4, 0.5) is 0 Å². The smallest absolute Gasteiger partial charge is 0.335 e. The monoisotopic (exact) mass is 248 g/mol. The zero-order valence-corrected chi connectivity index (χ0v) is 10.2. The highest BCUT2D eigenvalue weighted by Gasteiger charge is 2.10. The van der Waals surface area contributed by atoms with Gasteiger partial charge in [0.05, 0.1) is 5.56 Å². The Labute approximate surface area is 103 Å². The molecule has 0 radical (unpaired) electrons. The van der Waals surface area contributed by atoms with Crippen molar-refractivity contribution in [1.82, 2.24) is 0 Å². The molecular formula is C13H12O3S. The van der Waals surface area contributed by atoms with Crippen molar-refractivity contribution < 1.29 is 14.6 Å². The van der Waals surface area contributed by atoms with Gasteiger partial charge in [-0.3, -0.25) is 0 Å². The first-order valence-corrected chi connectivity index (χ1v) is 5.97. The van der Waals surface area contributed by atoms with Crippen molar-refractivity contribution in [2.45, 2.75) is 6.92 Å². The molecule has 0 bridgehead atoms. The SMILES string of the molecule is C=C(C)COc1cc(C(=O)O)cc2sccc12. The van der Waals surface area contributed by atoms with Crippen LogP contribution < -0.4 is 4.74 Å². The van der Waals surface area contributed by atoms with Gasteiger partial charge in [-0.15, -0.1) is 11.3 Å². The van der Waals surface area contributed by atoms with Gasteiger partial charge in [0.1, 0.15) is 12.4 Å². The number of thiophene rings is 1. The lowest BCUT2D eigenvalue weighted by Gasteiger charge is -2.08. The number of hydrogen-bond acceptors (Lipinski definition) is 3. The van der Waals surface area contributed by atoms with Crippen LogP contribution in [-0.4, -0.2) is 17.7 Å². The molecule has 2 rings (SSSR count). The quantitative estimate of drug-likeness (QED) is 0.841. The summed E-state index contributed by atoms with van der Waals surface area (Å²) in [6.07, 6.45) is 0. The predicted molar refractivity (Wildman–Crippen MR) is 69.1 cm³/mol. The van der Waals surface area contributed by atoms with E-state index in [0.29, 0.717) is 12.4 Å². The van der Waals surface area contributed by atoms with E-state index in [1.54, 1.807) is 12.1 Å². The topological polar surface area (TPSA) is 46.5 Å². The van der Waals surface area contributed by atoms with Gasteiger partial charge in [0.2, 0.25) is 0 Å². The third-order valence-electron chi connectivity index (χ3n) is 2.25. The Kier molecular flexibility index (Phi) is 3.15. The first-order valence-electron chi connectivity index (χ1n) is 5.09. The molecule has 0 saturated heterocycles. The largest absolute Gasteiger partial charge is 0.489 e. The molecule has 0 aliphatic heterocycles. The first kappa shape index (κ1) is 11.7. The second-order valence-corrected chi connectivity index (χ2v) is 4.81. The Balaban J connectivity index is 2.46. The fraction of sp³-hybridized carbons (Fsp3) is 0.154. The average Bonchev–Trinajstić information content (AvgIpc) is 2.73. The summed E-state index contributed by atoms with van der Waals surface area (Å²) in [5.74, 6) is -0.343. The molecule has 0 aliphatic carbocycles. The lowest BCUT2D eigenvalue weighted by molar-refractivity contribution is 0.0696. The summed E-state index contributed by atoms with van der Waals surface area (Å²) >= 11 is 1.50. The Bertz CT molecular complexity index is 583. The molecule has 1 aromatic carbocycles. The van der Waals surface area contributed by atoms with E-state index in [9.17, 15) is 4.79 Å². The van der Waals surface area contributed by atoms with Gasteiger partial charge >= 0.3 is 5.97 Å². The zero-order chi connectivity index (χ0) is 12.4. The molecule has 2 aromatic rings. The third kappa shape index (κ3) is 2.47. The Morgan fingerprint density at radius 3 is 2.94 bits per heavy atom. The number of ether oxygens (including phenoxy) is 1. The maximum atomic E-state index is 11.0. The molecular weight excluding hydrogens is 236 g/mol. The van der Waals surface area contributed by atoms with Crippen molar-refractivity contribution in [3.63, 3.8) is 0 Å². The van der Waals surface area contributed by atoms with E-state index in [0.717, 1.165) is 15.7 Å². The number of carboxylic acid groups (broad SMARTS) is 1. The second kappa shape index (κ2) is 4.59. The van der Waals surface area contributed by atoms with E-state index >= 15 is 0 Å². The normalized spacial score (nSPS) is 10.4. The molecule has 3 nitrogen and oxygen atoms in total. The van der Waals surface area contributed by atoms with Crippen LogP contribution in [0.3, 0.4) is 0 Å². The van der Waals surface area contributed by atoms with E-state index in [-0.39, 0.29) is 5.56 Å². The van der Waals surface area contributed by atoms with Crippen LogP contribution in [0.2, 0.25) is 0 Å². The van der Waals surface area contributed by atoms with Gasteiger partial charge in [-0.2, -0.15) is 0 Å². The highest BCUT2D eigenvalue weighted by molar-refractivity contribution is 7.17. The molecule has 0 atom stereocenters.